The third-order valence-electron chi connectivity index (χ3n) is 2.99. The van der Waals surface area contributed by atoms with E-state index in [1.165, 1.54) is 24.1 Å². The fraction of sp³-hybridized carbons (Fsp3) is 0.786. The highest BCUT2D eigenvalue weighted by atomic mass is 15.2. The summed E-state index contributed by atoms with van der Waals surface area (Å²) in [6.45, 7) is 11.1. The number of nitrogens with one attached hydrogen (secondary N) is 2. The zero-order chi connectivity index (χ0) is 12.6. The molecule has 0 atom stereocenters. The predicted molar refractivity (Wildman–Crippen MR) is 72.5 cm³/mol. The van der Waals surface area contributed by atoms with Crippen LogP contribution in [0.3, 0.4) is 0 Å². The Morgan fingerprint density at radius 2 is 2.00 bits per heavy atom. The molecule has 1 aliphatic rings. The summed E-state index contributed by atoms with van der Waals surface area (Å²) >= 11 is 0. The van der Waals surface area contributed by atoms with E-state index >= 15 is 0 Å². The van der Waals surface area contributed by atoms with E-state index in [2.05, 4.69) is 50.1 Å². The average molecular weight is 235 g/mol. The first kappa shape index (κ1) is 12.5. The van der Waals surface area contributed by atoms with E-state index in [9.17, 15) is 0 Å². The normalized spacial score (nSPS) is 16.6. The maximum Gasteiger partial charge on any atom is 0.151 e. The smallest absolute Gasteiger partial charge is 0.151 e. The molecular formula is C14H25N3. The highest BCUT2D eigenvalue weighted by Crippen LogP contribution is 2.42. The van der Waals surface area contributed by atoms with E-state index < -0.39 is 0 Å². The summed E-state index contributed by atoms with van der Waals surface area (Å²) in [7, 11) is 0. The number of H-pyrrole nitrogens is 1. The number of anilines is 1. The molecule has 1 saturated carbocycles. The van der Waals surface area contributed by atoms with Crippen molar-refractivity contribution in [2.24, 2.45) is 5.92 Å². The molecular weight excluding hydrogens is 210 g/mol. The lowest BCUT2D eigenvalue weighted by atomic mass is 9.99. The minimum absolute atomic E-state index is 0.0712. The Morgan fingerprint density at radius 1 is 1.35 bits per heavy atom. The number of nitrogens with zero attached hydrogens (tertiary/aromatic N) is 1. The molecule has 2 N–H and O–H groups in total. The van der Waals surface area contributed by atoms with Crippen molar-refractivity contribution >= 4 is 5.82 Å². The molecule has 1 aliphatic carbocycles. The van der Waals surface area contributed by atoms with Gasteiger partial charge in [-0.3, -0.25) is 5.10 Å². The Hall–Kier alpha value is -0.990. The molecule has 2 rings (SSSR count). The molecule has 17 heavy (non-hydrogen) atoms. The zero-order valence-corrected chi connectivity index (χ0v) is 11.7. The van der Waals surface area contributed by atoms with Gasteiger partial charge in [-0.05, 0) is 46.0 Å². The summed E-state index contributed by atoms with van der Waals surface area (Å²) in [5.74, 6) is 2.48. The van der Waals surface area contributed by atoms with Gasteiger partial charge in [0.2, 0.25) is 0 Å². The fourth-order valence-electron chi connectivity index (χ4n) is 2.16. The zero-order valence-electron chi connectivity index (χ0n) is 11.7. The van der Waals surface area contributed by atoms with E-state index in [0.29, 0.717) is 5.92 Å². The van der Waals surface area contributed by atoms with Gasteiger partial charge in [-0.2, -0.15) is 5.10 Å². The van der Waals surface area contributed by atoms with Crippen molar-refractivity contribution in [3.63, 3.8) is 0 Å². The highest BCUT2D eigenvalue weighted by Gasteiger charge is 2.30. The second kappa shape index (κ2) is 4.35. The number of aromatic amines is 1. The van der Waals surface area contributed by atoms with Crippen LogP contribution in [0.5, 0.6) is 0 Å². The minimum Gasteiger partial charge on any atom is -0.364 e. The predicted octanol–water partition coefficient (Wildman–Crippen LogP) is 3.70. The van der Waals surface area contributed by atoms with Gasteiger partial charge >= 0.3 is 0 Å². The van der Waals surface area contributed by atoms with Crippen molar-refractivity contribution in [2.45, 2.75) is 65.3 Å². The fourth-order valence-corrected chi connectivity index (χ4v) is 2.16. The van der Waals surface area contributed by atoms with E-state index in [1.807, 2.05) is 0 Å². The Kier molecular flexibility index (Phi) is 3.19. The van der Waals surface area contributed by atoms with Gasteiger partial charge in [-0.25, -0.2) is 0 Å². The maximum atomic E-state index is 4.48. The van der Waals surface area contributed by atoms with E-state index in [-0.39, 0.29) is 5.54 Å². The molecule has 0 aromatic carbocycles. The highest BCUT2D eigenvalue weighted by molar-refractivity contribution is 5.50. The van der Waals surface area contributed by atoms with E-state index in [1.54, 1.807) is 0 Å². The summed E-state index contributed by atoms with van der Waals surface area (Å²) in [6, 6.07) is 0. The van der Waals surface area contributed by atoms with Crippen molar-refractivity contribution in [2.75, 3.05) is 5.32 Å². The van der Waals surface area contributed by atoms with Gasteiger partial charge in [0, 0.05) is 22.7 Å². The number of aromatic nitrogens is 2. The van der Waals surface area contributed by atoms with Crippen molar-refractivity contribution < 1.29 is 0 Å². The topological polar surface area (TPSA) is 40.7 Å². The molecule has 0 saturated heterocycles. The summed E-state index contributed by atoms with van der Waals surface area (Å²) in [4.78, 5) is 0. The molecule has 1 fully saturated rings. The minimum atomic E-state index is 0.0712. The van der Waals surface area contributed by atoms with Crippen LogP contribution in [0.25, 0.3) is 0 Å². The molecule has 96 valence electrons. The summed E-state index contributed by atoms with van der Waals surface area (Å²) in [6.07, 6.45) is 3.76. The standard InChI is InChI=1S/C14H25N3/c1-9(2)8-11-12(10-6-7-10)16-17-13(11)15-14(3,4)5/h9-10H,6-8H2,1-5H3,(H2,15,16,17). The van der Waals surface area contributed by atoms with Crippen LogP contribution in [0.15, 0.2) is 0 Å². The Balaban J connectivity index is 2.24. The number of rotatable bonds is 4. The van der Waals surface area contributed by atoms with E-state index in [4.69, 9.17) is 0 Å². The van der Waals surface area contributed by atoms with Gasteiger partial charge in [-0.15, -0.1) is 0 Å². The molecule has 1 aromatic heterocycles. The van der Waals surface area contributed by atoms with Crippen LogP contribution in [-0.4, -0.2) is 15.7 Å². The van der Waals surface area contributed by atoms with Crippen LogP contribution in [0, 0.1) is 5.92 Å². The van der Waals surface area contributed by atoms with Gasteiger partial charge in [0.1, 0.15) is 0 Å². The van der Waals surface area contributed by atoms with Crippen molar-refractivity contribution in [3.05, 3.63) is 11.3 Å². The van der Waals surface area contributed by atoms with Crippen LogP contribution >= 0.6 is 0 Å². The quantitative estimate of drug-likeness (QED) is 0.835. The third-order valence-corrected chi connectivity index (χ3v) is 2.99. The largest absolute Gasteiger partial charge is 0.364 e. The van der Waals surface area contributed by atoms with Crippen LogP contribution in [0.1, 0.15) is 64.6 Å². The summed E-state index contributed by atoms with van der Waals surface area (Å²) in [5.41, 5.74) is 2.87. The van der Waals surface area contributed by atoms with Crippen molar-refractivity contribution in [1.29, 1.82) is 0 Å². The first-order valence-corrected chi connectivity index (χ1v) is 6.72. The monoisotopic (exact) mass is 235 g/mol. The molecule has 0 unspecified atom stereocenters. The summed E-state index contributed by atoms with van der Waals surface area (Å²) < 4.78 is 0. The SMILES string of the molecule is CC(C)Cc1c(NC(C)(C)C)n[nH]c1C1CC1. The summed E-state index contributed by atoms with van der Waals surface area (Å²) in [5, 5.41) is 11.2. The Labute approximate surface area is 104 Å². The molecule has 1 aromatic rings. The van der Waals surface area contributed by atoms with E-state index in [0.717, 1.165) is 18.2 Å². The average Bonchev–Trinajstić information content (AvgIpc) is 2.91. The van der Waals surface area contributed by atoms with Gasteiger partial charge in [0.25, 0.3) is 0 Å². The second-order valence-corrected chi connectivity index (χ2v) is 6.71. The Bertz CT molecular complexity index is 381. The second-order valence-electron chi connectivity index (χ2n) is 6.71. The Morgan fingerprint density at radius 3 is 2.47 bits per heavy atom. The molecule has 0 bridgehead atoms. The lowest BCUT2D eigenvalue weighted by Crippen LogP contribution is -2.27. The van der Waals surface area contributed by atoms with Crippen LogP contribution in [0.4, 0.5) is 5.82 Å². The molecule has 0 radical (unpaired) electrons. The van der Waals surface area contributed by atoms with Gasteiger partial charge in [0.15, 0.2) is 5.82 Å². The molecule has 1 heterocycles. The molecule has 0 amide bonds. The molecule has 3 heteroatoms. The number of hydrogen-bond acceptors (Lipinski definition) is 2. The van der Waals surface area contributed by atoms with Gasteiger partial charge in [-0.1, -0.05) is 13.8 Å². The first-order valence-electron chi connectivity index (χ1n) is 6.72. The molecule has 0 aliphatic heterocycles. The molecule has 0 spiro atoms. The van der Waals surface area contributed by atoms with Crippen LogP contribution in [-0.2, 0) is 6.42 Å². The molecule has 3 nitrogen and oxygen atoms in total. The third kappa shape index (κ3) is 3.24. The first-order chi connectivity index (χ1) is 7.87. The lowest BCUT2D eigenvalue weighted by molar-refractivity contribution is 0.618. The van der Waals surface area contributed by atoms with Crippen molar-refractivity contribution in [1.82, 2.24) is 10.2 Å². The van der Waals surface area contributed by atoms with Crippen molar-refractivity contribution in [3.8, 4) is 0 Å². The van der Waals surface area contributed by atoms with Gasteiger partial charge in [0.05, 0.1) is 0 Å². The van der Waals surface area contributed by atoms with Crippen LogP contribution in [0.2, 0.25) is 0 Å². The lowest BCUT2D eigenvalue weighted by Gasteiger charge is -2.21. The van der Waals surface area contributed by atoms with Crippen LogP contribution < -0.4 is 5.32 Å². The van der Waals surface area contributed by atoms with Gasteiger partial charge < -0.3 is 5.32 Å². The number of hydrogen-bond donors (Lipinski definition) is 2. The maximum absolute atomic E-state index is 4.48.